The van der Waals surface area contributed by atoms with Crippen molar-refractivity contribution in [3.8, 4) is 5.75 Å². The highest BCUT2D eigenvalue weighted by Gasteiger charge is 2.22. The van der Waals surface area contributed by atoms with Crippen LogP contribution in [-0.4, -0.2) is 43.1 Å². The molecule has 1 aromatic carbocycles. The Balaban J connectivity index is 1.54. The molecule has 0 bridgehead atoms. The predicted octanol–water partition coefficient (Wildman–Crippen LogP) is 1.59. The molecule has 0 aliphatic carbocycles. The SMILES string of the molecule is CCN1CCCC1CNCc1ccc2c(c1)NC(=O)CO2. The first-order chi connectivity index (χ1) is 10.3. The molecule has 1 atom stereocenters. The van der Waals surface area contributed by atoms with Gasteiger partial charge in [-0.15, -0.1) is 0 Å². The molecule has 1 unspecified atom stereocenters. The first kappa shape index (κ1) is 14.4. The van der Waals surface area contributed by atoms with Crippen molar-refractivity contribution >= 4 is 11.6 Å². The van der Waals surface area contributed by atoms with Gasteiger partial charge in [-0.2, -0.15) is 0 Å². The number of ether oxygens (including phenoxy) is 1. The van der Waals surface area contributed by atoms with Gasteiger partial charge in [0.2, 0.25) is 0 Å². The van der Waals surface area contributed by atoms with Crippen molar-refractivity contribution in [2.75, 3.05) is 31.6 Å². The van der Waals surface area contributed by atoms with E-state index in [1.807, 2.05) is 12.1 Å². The second kappa shape index (κ2) is 6.45. The third-order valence-corrected chi connectivity index (χ3v) is 4.29. The Hall–Kier alpha value is -1.59. The van der Waals surface area contributed by atoms with Crippen molar-refractivity contribution in [1.29, 1.82) is 0 Å². The quantitative estimate of drug-likeness (QED) is 0.864. The molecule has 114 valence electrons. The van der Waals surface area contributed by atoms with E-state index in [4.69, 9.17) is 4.74 Å². The minimum absolute atomic E-state index is 0.0860. The summed E-state index contributed by atoms with van der Waals surface area (Å²) in [5.41, 5.74) is 1.95. The Morgan fingerprint density at radius 1 is 1.48 bits per heavy atom. The van der Waals surface area contributed by atoms with Crippen LogP contribution < -0.4 is 15.4 Å². The fourth-order valence-corrected chi connectivity index (χ4v) is 3.17. The summed E-state index contributed by atoms with van der Waals surface area (Å²) in [5, 5.41) is 6.38. The highest BCUT2D eigenvalue weighted by atomic mass is 16.5. The monoisotopic (exact) mass is 289 g/mol. The zero-order valence-electron chi connectivity index (χ0n) is 12.5. The molecule has 1 saturated heterocycles. The van der Waals surface area contributed by atoms with Gasteiger partial charge in [0.1, 0.15) is 5.75 Å². The number of carbonyl (C=O) groups is 1. The molecule has 1 aromatic rings. The molecule has 2 heterocycles. The van der Waals surface area contributed by atoms with Crippen LogP contribution in [0.4, 0.5) is 5.69 Å². The van der Waals surface area contributed by atoms with Crippen LogP contribution in [0.25, 0.3) is 0 Å². The van der Waals surface area contributed by atoms with Crippen LogP contribution in [0.5, 0.6) is 5.75 Å². The van der Waals surface area contributed by atoms with E-state index in [1.54, 1.807) is 0 Å². The summed E-state index contributed by atoms with van der Waals surface area (Å²) < 4.78 is 5.37. The number of anilines is 1. The van der Waals surface area contributed by atoms with E-state index in [9.17, 15) is 4.79 Å². The number of nitrogens with zero attached hydrogens (tertiary/aromatic N) is 1. The minimum Gasteiger partial charge on any atom is -0.482 e. The zero-order chi connectivity index (χ0) is 14.7. The summed E-state index contributed by atoms with van der Waals surface area (Å²) in [6.07, 6.45) is 2.59. The number of amides is 1. The predicted molar refractivity (Wildman–Crippen MR) is 82.5 cm³/mol. The lowest BCUT2D eigenvalue weighted by molar-refractivity contribution is -0.118. The molecule has 3 rings (SSSR count). The molecule has 0 spiro atoms. The summed E-state index contributed by atoms with van der Waals surface area (Å²) in [6.45, 7) is 6.54. The van der Waals surface area contributed by atoms with Crippen molar-refractivity contribution in [3.63, 3.8) is 0 Å². The van der Waals surface area contributed by atoms with Crippen molar-refractivity contribution in [2.45, 2.75) is 32.4 Å². The first-order valence-corrected chi connectivity index (χ1v) is 7.76. The highest BCUT2D eigenvalue weighted by molar-refractivity contribution is 5.95. The van der Waals surface area contributed by atoms with Crippen LogP contribution in [0, 0.1) is 0 Å². The Kier molecular flexibility index (Phi) is 4.41. The summed E-state index contributed by atoms with van der Waals surface area (Å²) in [4.78, 5) is 13.9. The summed E-state index contributed by atoms with van der Waals surface area (Å²) in [5.74, 6) is 0.670. The number of fused-ring (bicyclic) bond motifs is 1. The minimum atomic E-state index is -0.0860. The van der Waals surface area contributed by atoms with Crippen LogP contribution in [0.3, 0.4) is 0 Å². The lowest BCUT2D eigenvalue weighted by atomic mass is 10.1. The van der Waals surface area contributed by atoms with Crippen LogP contribution in [0.15, 0.2) is 18.2 Å². The van der Waals surface area contributed by atoms with Crippen LogP contribution in [0.1, 0.15) is 25.3 Å². The van der Waals surface area contributed by atoms with Crippen molar-refractivity contribution in [3.05, 3.63) is 23.8 Å². The lowest BCUT2D eigenvalue weighted by Gasteiger charge is -2.23. The maximum absolute atomic E-state index is 11.3. The van der Waals surface area contributed by atoms with Gasteiger partial charge in [-0.05, 0) is 43.6 Å². The number of nitrogens with one attached hydrogen (secondary N) is 2. The number of carbonyl (C=O) groups excluding carboxylic acids is 1. The number of hydrogen-bond donors (Lipinski definition) is 2. The van der Waals surface area contributed by atoms with Gasteiger partial charge in [-0.25, -0.2) is 0 Å². The van der Waals surface area contributed by atoms with E-state index in [2.05, 4.69) is 28.5 Å². The number of likely N-dealkylation sites (N-methyl/N-ethyl adjacent to an activating group) is 1. The summed E-state index contributed by atoms with van der Waals surface area (Å²) in [7, 11) is 0. The first-order valence-electron chi connectivity index (χ1n) is 7.76. The molecule has 1 fully saturated rings. The topological polar surface area (TPSA) is 53.6 Å². The second-order valence-electron chi connectivity index (χ2n) is 5.72. The maximum Gasteiger partial charge on any atom is 0.262 e. The number of benzene rings is 1. The van der Waals surface area contributed by atoms with Gasteiger partial charge in [0, 0.05) is 19.1 Å². The Morgan fingerprint density at radius 3 is 3.24 bits per heavy atom. The molecule has 0 radical (unpaired) electrons. The lowest BCUT2D eigenvalue weighted by Crippen LogP contribution is -2.37. The van der Waals surface area contributed by atoms with Gasteiger partial charge >= 0.3 is 0 Å². The molecule has 2 aliphatic heterocycles. The molecule has 0 saturated carbocycles. The van der Waals surface area contributed by atoms with E-state index in [1.165, 1.54) is 24.9 Å². The second-order valence-corrected chi connectivity index (χ2v) is 5.72. The average Bonchev–Trinajstić information content (AvgIpc) is 2.94. The smallest absolute Gasteiger partial charge is 0.262 e. The van der Waals surface area contributed by atoms with Crippen LogP contribution in [-0.2, 0) is 11.3 Å². The third kappa shape index (κ3) is 3.36. The normalized spacial score (nSPS) is 21.8. The Bertz CT molecular complexity index is 518. The van der Waals surface area contributed by atoms with Gasteiger partial charge in [0.25, 0.3) is 5.91 Å². The van der Waals surface area contributed by atoms with E-state index in [0.29, 0.717) is 6.04 Å². The summed E-state index contributed by atoms with van der Waals surface area (Å²) >= 11 is 0. The molecule has 2 aliphatic rings. The maximum atomic E-state index is 11.3. The van der Waals surface area contributed by atoms with Crippen molar-refractivity contribution < 1.29 is 9.53 Å². The molecule has 5 heteroatoms. The summed E-state index contributed by atoms with van der Waals surface area (Å²) in [6, 6.07) is 6.64. The van der Waals surface area contributed by atoms with Gasteiger partial charge in [0.15, 0.2) is 6.61 Å². The van der Waals surface area contributed by atoms with Gasteiger partial charge in [-0.1, -0.05) is 13.0 Å². The van der Waals surface area contributed by atoms with E-state index < -0.39 is 0 Å². The van der Waals surface area contributed by atoms with Gasteiger partial charge in [0.05, 0.1) is 5.69 Å². The van der Waals surface area contributed by atoms with E-state index in [-0.39, 0.29) is 12.5 Å². The van der Waals surface area contributed by atoms with Crippen LogP contribution in [0.2, 0.25) is 0 Å². The Labute approximate surface area is 125 Å². The molecule has 21 heavy (non-hydrogen) atoms. The standard InChI is InChI=1S/C16H23N3O2/c1-2-19-7-3-4-13(19)10-17-9-12-5-6-15-14(8-12)18-16(20)11-21-15/h5-6,8,13,17H,2-4,7,9-11H2,1H3,(H,18,20). The highest BCUT2D eigenvalue weighted by Crippen LogP contribution is 2.28. The fraction of sp³-hybridized carbons (Fsp3) is 0.562. The number of rotatable bonds is 5. The van der Waals surface area contributed by atoms with Gasteiger partial charge in [-0.3, -0.25) is 9.69 Å². The average molecular weight is 289 g/mol. The third-order valence-electron chi connectivity index (χ3n) is 4.29. The van der Waals surface area contributed by atoms with Crippen LogP contribution >= 0.6 is 0 Å². The zero-order valence-corrected chi connectivity index (χ0v) is 12.5. The molecule has 1 amide bonds. The molecular formula is C16H23N3O2. The fourth-order valence-electron chi connectivity index (χ4n) is 3.17. The van der Waals surface area contributed by atoms with Crippen molar-refractivity contribution in [1.82, 2.24) is 10.2 Å². The molecular weight excluding hydrogens is 266 g/mol. The van der Waals surface area contributed by atoms with E-state index >= 15 is 0 Å². The molecule has 5 nitrogen and oxygen atoms in total. The Morgan fingerprint density at radius 2 is 2.38 bits per heavy atom. The molecule has 2 N–H and O–H groups in total. The number of hydrogen-bond acceptors (Lipinski definition) is 4. The van der Waals surface area contributed by atoms with E-state index in [0.717, 1.165) is 31.1 Å². The number of likely N-dealkylation sites (tertiary alicyclic amines) is 1. The largest absolute Gasteiger partial charge is 0.482 e. The van der Waals surface area contributed by atoms with Crippen molar-refractivity contribution in [2.24, 2.45) is 0 Å². The molecule has 0 aromatic heterocycles. The van der Waals surface area contributed by atoms with Gasteiger partial charge < -0.3 is 15.4 Å².